The predicted octanol–water partition coefficient (Wildman–Crippen LogP) is 2.99. The molecule has 0 bridgehead atoms. The molecule has 0 spiro atoms. The van der Waals surface area contributed by atoms with Crippen molar-refractivity contribution in [3.8, 4) is 22.8 Å². The van der Waals surface area contributed by atoms with E-state index in [1.54, 1.807) is 18.4 Å². The summed E-state index contributed by atoms with van der Waals surface area (Å²) >= 11 is 1.60. The number of ether oxygens (including phenoxy) is 3. The van der Waals surface area contributed by atoms with Gasteiger partial charge in [-0.1, -0.05) is 0 Å². The fourth-order valence-electron chi connectivity index (χ4n) is 1.94. The first kappa shape index (κ1) is 11.5. The predicted molar refractivity (Wildman–Crippen MR) is 69.1 cm³/mol. The number of hydrogen-bond acceptors (Lipinski definition) is 5. The quantitative estimate of drug-likeness (QED) is 0.853. The number of aromatic nitrogens is 1. The van der Waals surface area contributed by atoms with Gasteiger partial charge in [0.15, 0.2) is 11.5 Å². The van der Waals surface area contributed by atoms with Crippen molar-refractivity contribution < 1.29 is 14.2 Å². The molecule has 0 fully saturated rings. The van der Waals surface area contributed by atoms with Gasteiger partial charge in [-0.15, -0.1) is 11.3 Å². The van der Waals surface area contributed by atoms with Gasteiger partial charge in [0.25, 0.3) is 0 Å². The lowest BCUT2D eigenvalue weighted by molar-refractivity contribution is 0.174. The van der Waals surface area contributed by atoms with E-state index in [1.165, 1.54) is 0 Å². The highest BCUT2D eigenvalue weighted by Gasteiger charge is 2.17. The number of nitrogens with zero attached hydrogens (tertiary/aromatic N) is 1. The van der Waals surface area contributed by atoms with Gasteiger partial charge in [-0.25, -0.2) is 4.98 Å². The maximum Gasteiger partial charge on any atom is 0.231 e. The van der Waals surface area contributed by atoms with Crippen molar-refractivity contribution in [3.05, 3.63) is 28.1 Å². The summed E-state index contributed by atoms with van der Waals surface area (Å²) in [5.41, 5.74) is 3.18. The molecule has 0 amide bonds. The summed E-state index contributed by atoms with van der Waals surface area (Å²) in [5.74, 6) is 1.60. The number of fused-ring (bicyclic) bond motifs is 1. The van der Waals surface area contributed by atoms with Crippen LogP contribution in [0.3, 0.4) is 0 Å². The van der Waals surface area contributed by atoms with Gasteiger partial charge in [0.05, 0.1) is 12.3 Å². The fraction of sp³-hybridized carbons (Fsp3) is 0.308. The lowest BCUT2D eigenvalue weighted by atomic mass is 10.1. The largest absolute Gasteiger partial charge is 0.454 e. The second-order valence-corrected chi connectivity index (χ2v) is 5.02. The maximum atomic E-state index is 5.40. The van der Waals surface area contributed by atoms with Crippen molar-refractivity contribution in [2.45, 2.75) is 13.5 Å². The number of thiazole rings is 1. The number of rotatable bonds is 3. The molecular formula is C13H13NO3S. The SMILES string of the molecule is COCc1nc(-c2cc3c(cc2C)OCO3)cs1. The van der Waals surface area contributed by atoms with E-state index in [1.807, 2.05) is 24.4 Å². The molecule has 0 aliphatic carbocycles. The minimum absolute atomic E-state index is 0.296. The van der Waals surface area contributed by atoms with Crippen LogP contribution >= 0.6 is 11.3 Å². The molecule has 0 radical (unpaired) electrons. The van der Waals surface area contributed by atoms with Gasteiger partial charge >= 0.3 is 0 Å². The van der Waals surface area contributed by atoms with Crippen LogP contribution in [0.1, 0.15) is 10.6 Å². The standard InChI is InChI=1S/C13H13NO3S/c1-8-3-11-12(17-7-16-11)4-9(8)10-6-18-13(14-10)5-15-2/h3-4,6H,5,7H2,1-2H3. The first-order valence-corrected chi connectivity index (χ1v) is 6.50. The summed E-state index contributed by atoms with van der Waals surface area (Å²) in [7, 11) is 1.67. The molecule has 4 nitrogen and oxygen atoms in total. The number of aryl methyl sites for hydroxylation is 1. The molecule has 1 aromatic carbocycles. The van der Waals surface area contributed by atoms with E-state index >= 15 is 0 Å². The zero-order valence-electron chi connectivity index (χ0n) is 10.2. The molecule has 2 heterocycles. The van der Waals surface area contributed by atoms with Gasteiger partial charge in [-0.3, -0.25) is 0 Å². The summed E-state index contributed by atoms with van der Waals surface area (Å²) in [5, 5.41) is 3.02. The monoisotopic (exact) mass is 263 g/mol. The molecule has 18 heavy (non-hydrogen) atoms. The second-order valence-electron chi connectivity index (χ2n) is 4.08. The zero-order chi connectivity index (χ0) is 12.5. The molecule has 0 N–H and O–H groups in total. The molecular weight excluding hydrogens is 250 g/mol. The molecule has 1 aliphatic heterocycles. The van der Waals surface area contributed by atoms with E-state index in [2.05, 4.69) is 4.98 Å². The van der Waals surface area contributed by atoms with E-state index < -0.39 is 0 Å². The van der Waals surface area contributed by atoms with Crippen LogP contribution in [0.4, 0.5) is 0 Å². The molecule has 0 saturated heterocycles. The highest BCUT2D eigenvalue weighted by Crippen LogP contribution is 2.38. The average Bonchev–Trinajstić information content (AvgIpc) is 2.96. The Labute approximate surface area is 109 Å². The lowest BCUT2D eigenvalue weighted by Crippen LogP contribution is -1.92. The summed E-state index contributed by atoms with van der Waals surface area (Å²) in [6, 6.07) is 3.98. The highest BCUT2D eigenvalue weighted by atomic mass is 32.1. The van der Waals surface area contributed by atoms with Crippen molar-refractivity contribution in [2.24, 2.45) is 0 Å². The van der Waals surface area contributed by atoms with E-state index in [-0.39, 0.29) is 0 Å². The molecule has 1 aromatic heterocycles. The Hall–Kier alpha value is -1.59. The van der Waals surface area contributed by atoms with Crippen molar-refractivity contribution >= 4 is 11.3 Å². The van der Waals surface area contributed by atoms with Crippen LogP contribution in [0.15, 0.2) is 17.5 Å². The van der Waals surface area contributed by atoms with E-state index in [4.69, 9.17) is 14.2 Å². The van der Waals surface area contributed by atoms with Crippen molar-refractivity contribution in [1.82, 2.24) is 4.98 Å². The summed E-state index contributed by atoms with van der Waals surface area (Å²) < 4.78 is 15.8. The number of benzene rings is 1. The summed E-state index contributed by atoms with van der Waals surface area (Å²) in [6.45, 7) is 2.89. The Morgan fingerprint density at radius 3 is 2.89 bits per heavy atom. The average molecular weight is 263 g/mol. The lowest BCUT2D eigenvalue weighted by Gasteiger charge is -2.04. The Kier molecular flexibility index (Phi) is 2.93. The highest BCUT2D eigenvalue weighted by molar-refractivity contribution is 7.09. The Bertz CT molecular complexity index is 580. The van der Waals surface area contributed by atoms with E-state index in [9.17, 15) is 0 Å². The number of methoxy groups -OCH3 is 1. The Morgan fingerprint density at radius 1 is 1.33 bits per heavy atom. The van der Waals surface area contributed by atoms with E-state index in [0.717, 1.165) is 33.3 Å². The second kappa shape index (κ2) is 4.59. The van der Waals surface area contributed by atoms with Crippen LogP contribution in [0.5, 0.6) is 11.5 Å². The van der Waals surface area contributed by atoms with Crippen LogP contribution < -0.4 is 9.47 Å². The van der Waals surface area contributed by atoms with Gasteiger partial charge in [-0.05, 0) is 24.6 Å². The molecule has 0 saturated carbocycles. The molecule has 3 rings (SSSR count). The van der Waals surface area contributed by atoms with Crippen LogP contribution in [-0.2, 0) is 11.3 Å². The number of hydrogen-bond donors (Lipinski definition) is 0. The van der Waals surface area contributed by atoms with Crippen LogP contribution in [-0.4, -0.2) is 18.9 Å². The third-order valence-corrected chi connectivity index (χ3v) is 3.64. The van der Waals surface area contributed by atoms with Crippen LogP contribution in [0.25, 0.3) is 11.3 Å². The van der Waals surface area contributed by atoms with Gasteiger partial charge in [0.2, 0.25) is 6.79 Å². The summed E-state index contributed by atoms with van der Waals surface area (Å²) in [6.07, 6.45) is 0. The van der Waals surface area contributed by atoms with Gasteiger partial charge in [0, 0.05) is 18.1 Å². The molecule has 5 heteroatoms. The van der Waals surface area contributed by atoms with Crippen molar-refractivity contribution in [1.29, 1.82) is 0 Å². The zero-order valence-corrected chi connectivity index (χ0v) is 11.0. The summed E-state index contributed by atoms with van der Waals surface area (Å²) in [4.78, 5) is 4.55. The maximum absolute atomic E-state index is 5.40. The molecule has 94 valence electrons. The van der Waals surface area contributed by atoms with Crippen molar-refractivity contribution in [3.63, 3.8) is 0 Å². The molecule has 1 aliphatic rings. The fourth-order valence-corrected chi connectivity index (χ4v) is 2.71. The van der Waals surface area contributed by atoms with Crippen LogP contribution in [0, 0.1) is 6.92 Å². The van der Waals surface area contributed by atoms with Crippen LogP contribution in [0.2, 0.25) is 0 Å². The first-order valence-electron chi connectivity index (χ1n) is 5.62. The van der Waals surface area contributed by atoms with Gasteiger partial charge in [-0.2, -0.15) is 0 Å². The third kappa shape index (κ3) is 1.95. The van der Waals surface area contributed by atoms with E-state index in [0.29, 0.717) is 13.4 Å². The van der Waals surface area contributed by atoms with Gasteiger partial charge < -0.3 is 14.2 Å². The smallest absolute Gasteiger partial charge is 0.231 e. The normalized spacial score (nSPS) is 13.0. The van der Waals surface area contributed by atoms with Gasteiger partial charge in [0.1, 0.15) is 5.01 Å². The topological polar surface area (TPSA) is 40.6 Å². The molecule has 0 unspecified atom stereocenters. The third-order valence-electron chi connectivity index (χ3n) is 2.82. The Balaban J connectivity index is 2.00. The minimum Gasteiger partial charge on any atom is -0.454 e. The van der Waals surface area contributed by atoms with Crippen molar-refractivity contribution in [2.75, 3.05) is 13.9 Å². The minimum atomic E-state index is 0.296. The molecule has 2 aromatic rings. The Morgan fingerprint density at radius 2 is 2.11 bits per heavy atom. The molecule has 0 atom stereocenters. The first-order chi connectivity index (χ1) is 8.78.